The molecule has 8 heteroatoms. The summed E-state index contributed by atoms with van der Waals surface area (Å²) in [5.74, 6) is -0.269. The Kier molecular flexibility index (Phi) is 8.29. The number of benzene rings is 2. The van der Waals surface area contributed by atoms with Crippen molar-refractivity contribution in [3.63, 3.8) is 0 Å². The van der Waals surface area contributed by atoms with Gasteiger partial charge in [-0.15, -0.1) is 0 Å². The number of rotatable bonds is 10. The lowest BCUT2D eigenvalue weighted by Gasteiger charge is -2.26. The van der Waals surface area contributed by atoms with E-state index >= 15 is 0 Å². The molecule has 0 aliphatic carbocycles. The molecule has 0 fully saturated rings. The standard InChI is InChI=1S/C26H33N5O3/c1-4-8-19-11-13-21(14-12-19)28-15-22(32)30(16-18(2)3)23-24(27)31(26(34)29-25(23)33)17-20-9-6-5-7-10-20/h5-7,9-14,18,28H,4,8,15-17,27H2,1-3H3,(H,29,33,34). The molecule has 1 heterocycles. The molecular formula is C26H33N5O3. The molecule has 1 aromatic heterocycles. The molecule has 0 spiro atoms. The maximum Gasteiger partial charge on any atom is 0.330 e. The molecule has 0 aliphatic heterocycles. The summed E-state index contributed by atoms with van der Waals surface area (Å²) in [6.07, 6.45) is 2.07. The van der Waals surface area contributed by atoms with Gasteiger partial charge < -0.3 is 16.0 Å². The molecule has 0 unspecified atom stereocenters. The molecule has 2 aromatic carbocycles. The number of nitrogen functional groups attached to an aromatic ring is 1. The van der Waals surface area contributed by atoms with Gasteiger partial charge in [0.1, 0.15) is 5.82 Å². The number of aryl methyl sites for hydroxylation is 1. The van der Waals surface area contributed by atoms with Crippen LogP contribution in [0.2, 0.25) is 0 Å². The number of nitrogens with zero attached hydrogens (tertiary/aromatic N) is 2. The van der Waals surface area contributed by atoms with Gasteiger partial charge in [0.2, 0.25) is 5.91 Å². The Morgan fingerprint density at radius 1 is 1.06 bits per heavy atom. The van der Waals surface area contributed by atoms with Crippen LogP contribution in [-0.4, -0.2) is 28.5 Å². The third kappa shape index (κ3) is 6.15. The maximum absolute atomic E-state index is 13.2. The number of nitrogens with two attached hydrogens (primary N) is 1. The Morgan fingerprint density at radius 2 is 1.74 bits per heavy atom. The summed E-state index contributed by atoms with van der Waals surface area (Å²) >= 11 is 0. The molecule has 3 aromatic rings. The summed E-state index contributed by atoms with van der Waals surface area (Å²) < 4.78 is 1.28. The molecule has 0 saturated heterocycles. The summed E-state index contributed by atoms with van der Waals surface area (Å²) in [4.78, 5) is 42.3. The highest BCUT2D eigenvalue weighted by Crippen LogP contribution is 2.20. The van der Waals surface area contributed by atoms with E-state index in [0.29, 0.717) is 0 Å². The van der Waals surface area contributed by atoms with E-state index in [1.807, 2.05) is 68.4 Å². The van der Waals surface area contributed by atoms with E-state index < -0.39 is 11.2 Å². The normalized spacial score (nSPS) is 10.9. The third-order valence-electron chi connectivity index (χ3n) is 5.45. The number of aromatic nitrogens is 2. The minimum atomic E-state index is -0.676. The summed E-state index contributed by atoms with van der Waals surface area (Å²) in [5, 5.41) is 3.13. The van der Waals surface area contributed by atoms with Crippen LogP contribution in [0.4, 0.5) is 17.2 Å². The van der Waals surface area contributed by atoms with Crippen LogP contribution in [0, 0.1) is 5.92 Å². The lowest BCUT2D eigenvalue weighted by molar-refractivity contribution is -0.117. The second kappa shape index (κ2) is 11.4. The highest BCUT2D eigenvalue weighted by atomic mass is 16.2. The van der Waals surface area contributed by atoms with Gasteiger partial charge in [-0.2, -0.15) is 0 Å². The van der Waals surface area contributed by atoms with Crippen LogP contribution in [0.15, 0.2) is 64.2 Å². The fourth-order valence-corrected chi connectivity index (χ4v) is 3.80. The number of nitrogens with one attached hydrogen (secondary N) is 2. The fourth-order valence-electron chi connectivity index (χ4n) is 3.80. The quantitative estimate of drug-likeness (QED) is 0.427. The minimum Gasteiger partial charge on any atom is -0.383 e. The number of carbonyl (C=O) groups excluding carboxylic acids is 1. The van der Waals surface area contributed by atoms with Crippen molar-refractivity contribution in [3.05, 3.63) is 86.6 Å². The van der Waals surface area contributed by atoms with Crippen LogP contribution < -0.4 is 27.2 Å². The van der Waals surface area contributed by atoms with Gasteiger partial charge in [-0.05, 0) is 35.6 Å². The monoisotopic (exact) mass is 463 g/mol. The molecular weight excluding hydrogens is 430 g/mol. The first kappa shape index (κ1) is 24.8. The smallest absolute Gasteiger partial charge is 0.330 e. The number of amides is 1. The van der Waals surface area contributed by atoms with Crippen molar-refractivity contribution in [1.29, 1.82) is 0 Å². The number of hydrogen-bond acceptors (Lipinski definition) is 5. The van der Waals surface area contributed by atoms with Gasteiger partial charge in [0.25, 0.3) is 5.56 Å². The predicted molar refractivity (Wildman–Crippen MR) is 137 cm³/mol. The Bertz CT molecular complexity index is 1210. The van der Waals surface area contributed by atoms with Gasteiger partial charge in [-0.3, -0.25) is 19.1 Å². The Labute approximate surface area is 199 Å². The van der Waals surface area contributed by atoms with Gasteiger partial charge in [-0.25, -0.2) is 4.79 Å². The molecule has 0 radical (unpaired) electrons. The Morgan fingerprint density at radius 3 is 2.35 bits per heavy atom. The van der Waals surface area contributed by atoms with Crippen molar-refractivity contribution in [3.8, 4) is 0 Å². The van der Waals surface area contributed by atoms with Gasteiger partial charge >= 0.3 is 5.69 Å². The first-order valence-corrected chi connectivity index (χ1v) is 11.6. The van der Waals surface area contributed by atoms with E-state index in [0.717, 1.165) is 24.1 Å². The minimum absolute atomic E-state index is 0.00525. The average molecular weight is 464 g/mol. The first-order valence-electron chi connectivity index (χ1n) is 11.6. The zero-order valence-corrected chi connectivity index (χ0v) is 20.0. The molecule has 0 saturated carbocycles. The van der Waals surface area contributed by atoms with Crippen LogP contribution in [0.25, 0.3) is 0 Å². The molecule has 0 aliphatic rings. The Balaban J connectivity index is 1.89. The molecule has 3 rings (SSSR count). The third-order valence-corrected chi connectivity index (χ3v) is 5.45. The fraction of sp³-hybridized carbons (Fsp3) is 0.346. The van der Waals surface area contributed by atoms with E-state index in [4.69, 9.17) is 5.73 Å². The zero-order chi connectivity index (χ0) is 24.7. The van der Waals surface area contributed by atoms with Crippen molar-refractivity contribution >= 4 is 23.1 Å². The average Bonchev–Trinajstić information content (AvgIpc) is 2.81. The van der Waals surface area contributed by atoms with Crippen LogP contribution in [0.3, 0.4) is 0 Å². The predicted octanol–water partition coefficient (Wildman–Crippen LogP) is 3.22. The summed E-state index contributed by atoms with van der Waals surface area (Å²) in [7, 11) is 0. The van der Waals surface area contributed by atoms with Crippen molar-refractivity contribution in [2.24, 2.45) is 5.92 Å². The SMILES string of the molecule is CCCc1ccc(NCC(=O)N(CC(C)C)c2c(N)n(Cc3ccccc3)c(=O)[nH]c2=O)cc1. The van der Waals surface area contributed by atoms with Gasteiger partial charge in [0, 0.05) is 12.2 Å². The van der Waals surface area contributed by atoms with Crippen molar-refractivity contribution in [1.82, 2.24) is 9.55 Å². The molecule has 34 heavy (non-hydrogen) atoms. The van der Waals surface area contributed by atoms with Crippen LogP contribution >= 0.6 is 0 Å². The maximum atomic E-state index is 13.2. The Hall–Kier alpha value is -3.81. The van der Waals surface area contributed by atoms with Crippen LogP contribution in [-0.2, 0) is 17.8 Å². The van der Waals surface area contributed by atoms with Gasteiger partial charge in [0.05, 0.1) is 13.1 Å². The number of anilines is 3. The number of carbonyl (C=O) groups is 1. The number of H-pyrrole nitrogens is 1. The highest BCUT2D eigenvalue weighted by Gasteiger charge is 2.25. The van der Waals surface area contributed by atoms with E-state index in [1.165, 1.54) is 15.0 Å². The zero-order valence-electron chi connectivity index (χ0n) is 20.0. The van der Waals surface area contributed by atoms with Crippen molar-refractivity contribution in [2.45, 2.75) is 40.2 Å². The molecule has 0 atom stereocenters. The van der Waals surface area contributed by atoms with Crippen LogP contribution in [0.5, 0.6) is 0 Å². The largest absolute Gasteiger partial charge is 0.383 e. The number of hydrogen-bond donors (Lipinski definition) is 3. The van der Waals surface area contributed by atoms with Gasteiger partial charge in [-0.1, -0.05) is 69.7 Å². The van der Waals surface area contributed by atoms with E-state index in [-0.39, 0.29) is 43.0 Å². The van der Waals surface area contributed by atoms with Crippen molar-refractivity contribution in [2.75, 3.05) is 29.0 Å². The molecule has 1 amide bonds. The molecule has 4 N–H and O–H groups in total. The van der Waals surface area contributed by atoms with E-state index in [1.54, 1.807) is 0 Å². The molecule has 180 valence electrons. The molecule has 0 bridgehead atoms. The van der Waals surface area contributed by atoms with E-state index in [9.17, 15) is 14.4 Å². The van der Waals surface area contributed by atoms with Crippen LogP contribution in [0.1, 0.15) is 38.3 Å². The first-order chi connectivity index (χ1) is 16.3. The second-order valence-corrected chi connectivity index (χ2v) is 8.76. The molecule has 8 nitrogen and oxygen atoms in total. The van der Waals surface area contributed by atoms with Gasteiger partial charge in [0.15, 0.2) is 5.69 Å². The summed E-state index contributed by atoms with van der Waals surface area (Å²) in [5.41, 5.74) is 7.93. The summed E-state index contributed by atoms with van der Waals surface area (Å²) in [6, 6.07) is 17.3. The number of aromatic amines is 1. The highest BCUT2D eigenvalue weighted by molar-refractivity contribution is 5.98. The van der Waals surface area contributed by atoms with E-state index in [2.05, 4.69) is 17.2 Å². The lowest BCUT2D eigenvalue weighted by atomic mass is 10.1. The topological polar surface area (TPSA) is 113 Å². The lowest BCUT2D eigenvalue weighted by Crippen LogP contribution is -2.44. The summed E-state index contributed by atoms with van der Waals surface area (Å²) in [6.45, 7) is 6.48. The van der Waals surface area contributed by atoms with Crippen molar-refractivity contribution < 1.29 is 4.79 Å². The second-order valence-electron chi connectivity index (χ2n) is 8.76.